The molecule has 12 heteroatoms. The third kappa shape index (κ3) is 4.84. The highest BCUT2D eigenvalue weighted by Gasteiger charge is 2.26. The van der Waals surface area contributed by atoms with E-state index in [1.807, 2.05) is 18.2 Å². The SMILES string of the molecule is CNC(=O)N1CC(=O)N(C)c2ccc(Nc3nc(N4CCN(I)CC4)ncc3Cl)cc2C1. The lowest BCUT2D eigenvalue weighted by Crippen LogP contribution is -2.42. The molecule has 3 heterocycles. The Morgan fingerprint density at radius 3 is 2.66 bits per heavy atom. The van der Waals surface area contributed by atoms with E-state index in [4.69, 9.17) is 11.6 Å². The number of halogens is 2. The molecule has 32 heavy (non-hydrogen) atoms. The number of piperazine rings is 1. The van der Waals surface area contributed by atoms with Crippen molar-refractivity contribution in [2.45, 2.75) is 6.54 Å². The maximum absolute atomic E-state index is 12.5. The van der Waals surface area contributed by atoms with Crippen LogP contribution >= 0.6 is 34.5 Å². The van der Waals surface area contributed by atoms with Crippen molar-refractivity contribution >= 4 is 69.5 Å². The summed E-state index contributed by atoms with van der Waals surface area (Å²) in [5, 5.41) is 6.27. The van der Waals surface area contributed by atoms with Crippen LogP contribution in [0.3, 0.4) is 0 Å². The molecule has 1 aromatic carbocycles. The van der Waals surface area contributed by atoms with E-state index in [9.17, 15) is 9.59 Å². The smallest absolute Gasteiger partial charge is 0.317 e. The maximum Gasteiger partial charge on any atom is 0.317 e. The summed E-state index contributed by atoms with van der Waals surface area (Å²) in [6.45, 7) is 3.89. The van der Waals surface area contributed by atoms with E-state index in [2.05, 4.69) is 51.5 Å². The number of nitrogens with one attached hydrogen (secondary N) is 2. The fourth-order valence-corrected chi connectivity index (χ4v) is 4.27. The number of fused-ring (bicyclic) bond motifs is 1. The zero-order valence-electron chi connectivity index (χ0n) is 17.8. The van der Waals surface area contributed by atoms with E-state index in [0.717, 1.165) is 43.1 Å². The van der Waals surface area contributed by atoms with Gasteiger partial charge < -0.3 is 25.3 Å². The predicted octanol–water partition coefficient (Wildman–Crippen LogP) is 2.46. The first-order valence-electron chi connectivity index (χ1n) is 10.2. The molecule has 1 fully saturated rings. The molecule has 0 radical (unpaired) electrons. The Balaban J connectivity index is 1.59. The Morgan fingerprint density at radius 2 is 1.94 bits per heavy atom. The number of rotatable bonds is 3. The molecule has 170 valence electrons. The molecular weight excluding hydrogens is 547 g/mol. The first-order valence-corrected chi connectivity index (χ1v) is 11.5. The van der Waals surface area contributed by atoms with Crippen molar-refractivity contribution in [3.8, 4) is 0 Å². The number of hydrogen-bond donors (Lipinski definition) is 2. The molecule has 0 bridgehead atoms. The van der Waals surface area contributed by atoms with Gasteiger partial charge in [0.05, 0.1) is 12.7 Å². The fraction of sp³-hybridized carbons (Fsp3) is 0.400. The van der Waals surface area contributed by atoms with Crippen molar-refractivity contribution in [1.82, 2.24) is 23.3 Å². The van der Waals surface area contributed by atoms with Crippen molar-refractivity contribution in [3.05, 3.63) is 35.0 Å². The summed E-state index contributed by atoms with van der Waals surface area (Å²) in [5.41, 5.74) is 2.36. The lowest BCUT2D eigenvalue weighted by atomic mass is 10.1. The molecule has 2 aliphatic heterocycles. The lowest BCUT2D eigenvalue weighted by molar-refractivity contribution is -0.118. The van der Waals surface area contributed by atoms with Gasteiger partial charge in [0, 0.05) is 74.5 Å². The number of anilines is 4. The lowest BCUT2D eigenvalue weighted by Gasteiger charge is -2.31. The molecule has 3 amide bonds. The molecular formula is C20H24ClIN8O2. The Hall–Kier alpha value is -2.38. The highest BCUT2D eigenvalue weighted by atomic mass is 127. The van der Waals surface area contributed by atoms with Gasteiger partial charge in [-0.05, 0) is 23.8 Å². The third-order valence-corrected chi connectivity index (χ3v) is 6.75. The molecule has 4 rings (SSSR count). The molecule has 0 spiro atoms. The van der Waals surface area contributed by atoms with Crippen LogP contribution in [0.4, 0.5) is 27.9 Å². The summed E-state index contributed by atoms with van der Waals surface area (Å²) < 4.78 is 2.24. The van der Waals surface area contributed by atoms with Gasteiger partial charge in [-0.1, -0.05) is 11.6 Å². The van der Waals surface area contributed by atoms with Crippen molar-refractivity contribution in [2.75, 3.05) is 61.9 Å². The van der Waals surface area contributed by atoms with Crippen LogP contribution in [0.25, 0.3) is 0 Å². The van der Waals surface area contributed by atoms with Crippen LogP contribution < -0.4 is 20.4 Å². The largest absolute Gasteiger partial charge is 0.341 e. The standard InChI is InChI=1S/C20H24ClIN8O2/c1-23-20(32)29-11-13-9-14(3-4-16(13)27(2)17(31)12-29)25-18-15(21)10-24-19(26-18)28-5-7-30(22)8-6-28/h3-4,9-10H,5-8,11-12H2,1-2H3,(H,23,32)(H,24,25,26). The second kappa shape index (κ2) is 9.63. The topological polar surface area (TPSA) is 96.9 Å². The highest BCUT2D eigenvalue weighted by Crippen LogP contribution is 2.31. The summed E-state index contributed by atoms with van der Waals surface area (Å²) in [5.74, 6) is 0.991. The van der Waals surface area contributed by atoms with E-state index in [1.54, 1.807) is 25.2 Å². The van der Waals surface area contributed by atoms with Gasteiger partial charge in [-0.2, -0.15) is 4.98 Å². The van der Waals surface area contributed by atoms with Crippen LogP contribution in [-0.2, 0) is 11.3 Å². The van der Waals surface area contributed by atoms with E-state index in [1.165, 1.54) is 4.90 Å². The Bertz CT molecular complexity index is 1030. The monoisotopic (exact) mass is 570 g/mol. The summed E-state index contributed by atoms with van der Waals surface area (Å²) in [6, 6.07) is 5.34. The molecule has 0 unspecified atom stereocenters. The average molecular weight is 571 g/mol. The predicted molar refractivity (Wildman–Crippen MR) is 133 cm³/mol. The van der Waals surface area contributed by atoms with Crippen LogP contribution in [0.2, 0.25) is 5.02 Å². The molecule has 2 N–H and O–H groups in total. The first-order chi connectivity index (χ1) is 15.4. The minimum Gasteiger partial charge on any atom is -0.341 e. The third-order valence-electron chi connectivity index (χ3n) is 5.51. The van der Waals surface area contributed by atoms with Crippen LogP contribution in [0.1, 0.15) is 5.56 Å². The zero-order valence-corrected chi connectivity index (χ0v) is 20.7. The minimum atomic E-state index is -0.298. The number of likely N-dealkylation sites (N-methyl/N-ethyl adjacent to an activating group) is 1. The molecule has 1 aromatic heterocycles. The normalized spacial score (nSPS) is 17.1. The second-order valence-electron chi connectivity index (χ2n) is 7.60. The van der Waals surface area contributed by atoms with Gasteiger partial charge in [0.15, 0.2) is 5.82 Å². The number of nitrogens with zero attached hydrogens (tertiary/aromatic N) is 6. The minimum absolute atomic E-state index is 0.0131. The van der Waals surface area contributed by atoms with Crippen LogP contribution in [0.15, 0.2) is 24.4 Å². The summed E-state index contributed by atoms with van der Waals surface area (Å²) in [7, 11) is 3.26. The van der Waals surface area contributed by atoms with E-state index < -0.39 is 0 Å². The van der Waals surface area contributed by atoms with Crippen LogP contribution in [-0.4, -0.2) is 76.7 Å². The fourth-order valence-electron chi connectivity index (χ4n) is 3.70. The first kappa shape index (κ1) is 22.8. The molecule has 10 nitrogen and oxygen atoms in total. The molecule has 2 aliphatic rings. The number of hydrogen-bond acceptors (Lipinski definition) is 7. The van der Waals surface area contributed by atoms with Crippen LogP contribution in [0.5, 0.6) is 0 Å². The highest BCUT2D eigenvalue weighted by molar-refractivity contribution is 14.1. The Kier molecular flexibility index (Phi) is 6.86. The van der Waals surface area contributed by atoms with Gasteiger partial charge in [0.1, 0.15) is 11.6 Å². The van der Waals surface area contributed by atoms with Gasteiger partial charge >= 0.3 is 6.03 Å². The summed E-state index contributed by atoms with van der Waals surface area (Å²) in [4.78, 5) is 38.9. The number of carbonyl (C=O) groups is 2. The number of benzene rings is 1. The Morgan fingerprint density at radius 1 is 1.19 bits per heavy atom. The van der Waals surface area contributed by atoms with E-state index >= 15 is 0 Å². The molecule has 0 aliphatic carbocycles. The van der Waals surface area contributed by atoms with Crippen molar-refractivity contribution in [3.63, 3.8) is 0 Å². The second-order valence-corrected chi connectivity index (χ2v) is 9.37. The zero-order chi connectivity index (χ0) is 22.8. The number of aromatic nitrogens is 2. The van der Waals surface area contributed by atoms with E-state index in [-0.39, 0.29) is 18.5 Å². The average Bonchev–Trinajstić information content (AvgIpc) is 2.91. The van der Waals surface area contributed by atoms with Gasteiger partial charge in [0.25, 0.3) is 0 Å². The molecule has 1 saturated heterocycles. The quantitative estimate of drug-likeness (QED) is 0.432. The molecule has 0 saturated carbocycles. The summed E-state index contributed by atoms with van der Waals surface area (Å²) in [6.07, 6.45) is 1.60. The molecule has 2 aromatic rings. The number of amides is 3. The van der Waals surface area contributed by atoms with Crippen molar-refractivity contribution < 1.29 is 9.59 Å². The van der Waals surface area contributed by atoms with Gasteiger partial charge in [-0.15, -0.1) is 0 Å². The summed E-state index contributed by atoms with van der Waals surface area (Å²) >= 11 is 8.70. The Labute approximate surface area is 205 Å². The van der Waals surface area contributed by atoms with Crippen LogP contribution in [0, 0.1) is 0 Å². The molecule has 0 atom stereocenters. The van der Waals surface area contributed by atoms with Gasteiger partial charge in [0.2, 0.25) is 11.9 Å². The van der Waals surface area contributed by atoms with Crippen molar-refractivity contribution in [1.29, 1.82) is 0 Å². The van der Waals surface area contributed by atoms with E-state index in [0.29, 0.717) is 23.3 Å². The number of urea groups is 1. The van der Waals surface area contributed by atoms with Gasteiger partial charge in [-0.3, -0.25) is 4.79 Å². The number of carbonyl (C=O) groups excluding carboxylic acids is 2. The van der Waals surface area contributed by atoms with Crippen molar-refractivity contribution in [2.24, 2.45) is 0 Å². The van der Waals surface area contributed by atoms with Gasteiger partial charge in [-0.25, -0.2) is 12.9 Å². The maximum atomic E-state index is 12.5.